The van der Waals surface area contributed by atoms with Gasteiger partial charge in [-0.25, -0.2) is 0 Å². The number of amides is 3. The molecule has 0 atom stereocenters. The average molecular weight is 596 g/mol. The Hall–Kier alpha value is -5.02. The van der Waals surface area contributed by atoms with E-state index in [1.165, 1.54) is 26.0 Å². The van der Waals surface area contributed by atoms with E-state index in [0.29, 0.717) is 28.3 Å². The number of aryl methyl sites for hydroxylation is 2. The number of methoxy groups -OCH3 is 2. The quantitative estimate of drug-likeness (QED) is 0.136. The third-order valence-electron chi connectivity index (χ3n) is 6.45. The molecule has 0 aliphatic carbocycles. The smallest absolute Gasteiger partial charge is 0.272 e. The fraction of sp³-hybridized carbons (Fsp3) is 0.147. The first kappa shape index (κ1) is 30.9. The van der Waals surface area contributed by atoms with E-state index in [2.05, 4.69) is 16.0 Å². The molecule has 0 saturated heterocycles. The van der Waals surface area contributed by atoms with Crippen molar-refractivity contribution in [3.8, 4) is 11.5 Å². The summed E-state index contributed by atoms with van der Waals surface area (Å²) in [6.45, 7) is 3.91. The van der Waals surface area contributed by atoms with Gasteiger partial charge in [-0.05, 0) is 79.1 Å². The van der Waals surface area contributed by atoms with Crippen LogP contribution >= 0.6 is 11.8 Å². The van der Waals surface area contributed by atoms with Crippen LogP contribution < -0.4 is 25.4 Å². The molecule has 0 radical (unpaired) electrons. The second kappa shape index (κ2) is 14.7. The number of para-hydroxylation sites is 1. The van der Waals surface area contributed by atoms with Gasteiger partial charge < -0.3 is 25.4 Å². The Labute approximate surface area is 255 Å². The van der Waals surface area contributed by atoms with E-state index in [-0.39, 0.29) is 17.4 Å². The Kier molecular flexibility index (Phi) is 10.6. The Morgan fingerprint density at radius 1 is 0.767 bits per heavy atom. The first-order valence-electron chi connectivity index (χ1n) is 13.5. The van der Waals surface area contributed by atoms with Crippen LogP contribution in [0.3, 0.4) is 0 Å². The van der Waals surface area contributed by atoms with Crippen molar-refractivity contribution < 1.29 is 23.9 Å². The predicted octanol–water partition coefficient (Wildman–Crippen LogP) is 6.46. The number of thioether (sulfide) groups is 1. The van der Waals surface area contributed by atoms with Gasteiger partial charge in [-0.15, -0.1) is 11.8 Å². The highest BCUT2D eigenvalue weighted by Crippen LogP contribution is 2.29. The lowest BCUT2D eigenvalue weighted by Crippen LogP contribution is -2.30. The summed E-state index contributed by atoms with van der Waals surface area (Å²) in [5, 5.41) is 8.58. The van der Waals surface area contributed by atoms with E-state index in [9.17, 15) is 14.4 Å². The van der Waals surface area contributed by atoms with Gasteiger partial charge >= 0.3 is 0 Å². The number of benzene rings is 4. The van der Waals surface area contributed by atoms with Crippen molar-refractivity contribution in [2.75, 3.05) is 30.6 Å². The second-order valence-electron chi connectivity index (χ2n) is 9.58. The highest BCUT2D eigenvalue weighted by atomic mass is 32.2. The largest absolute Gasteiger partial charge is 0.493 e. The lowest BCUT2D eigenvalue weighted by atomic mass is 10.1. The number of nitrogens with one attached hydrogen (secondary N) is 3. The van der Waals surface area contributed by atoms with Crippen molar-refractivity contribution >= 4 is 46.9 Å². The minimum atomic E-state index is -0.519. The van der Waals surface area contributed by atoms with Crippen LogP contribution in [0.5, 0.6) is 11.5 Å². The van der Waals surface area contributed by atoms with E-state index in [1.807, 2.05) is 44.2 Å². The SMILES string of the molecule is COc1ccc(/C=C(/NC(=O)c2ccccc2)C(=O)Nc2cccc(SCC(=O)Nc3c(C)cccc3C)c2)cc1OC. The van der Waals surface area contributed by atoms with Crippen LogP contribution in [-0.4, -0.2) is 37.7 Å². The fourth-order valence-corrected chi connectivity index (χ4v) is 5.00. The summed E-state index contributed by atoms with van der Waals surface area (Å²) < 4.78 is 10.7. The lowest BCUT2D eigenvalue weighted by Gasteiger charge is -2.13. The van der Waals surface area contributed by atoms with Gasteiger partial charge in [0.15, 0.2) is 11.5 Å². The molecule has 0 unspecified atom stereocenters. The zero-order valence-corrected chi connectivity index (χ0v) is 25.2. The van der Waals surface area contributed by atoms with Gasteiger partial charge in [0, 0.05) is 21.8 Å². The summed E-state index contributed by atoms with van der Waals surface area (Å²) in [5.41, 5.74) is 4.39. The van der Waals surface area contributed by atoms with Gasteiger partial charge in [0.1, 0.15) is 5.70 Å². The molecule has 0 fully saturated rings. The molecule has 0 aliphatic heterocycles. The third-order valence-corrected chi connectivity index (χ3v) is 7.45. The Balaban J connectivity index is 1.50. The number of hydrogen-bond acceptors (Lipinski definition) is 6. The van der Waals surface area contributed by atoms with Crippen molar-refractivity contribution in [3.63, 3.8) is 0 Å². The molecular formula is C34H33N3O5S. The molecule has 3 amide bonds. The highest BCUT2D eigenvalue weighted by Gasteiger charge is 2.16. The number of carbonyl (C=O) groups is 3. The predicted molar refractivity (Wildman–Crippen MR) is 172 cm³/mol. The summed E-state index contributed by atoms with van der Waals surface area (Å²) in [7, 11) is 3.06. The lowest BCUT2D eigenvalue weighted by molar-refractivity contribution is -0.114. The van der Waals surface area contributed by atoms with E-state index in [1.54, 1.807) is 66.7 Å². The van der Waals surface area contributed by atoms with E-state index in [0.717, 1.165) is 21.7 Å². The number of anilines is 2. The molecule has 4 aromatic rings. The van der Waals surface area contributed by atoms with Gasteiger partial charge in [0.25, 0.3) is 11.8 Å². The van der Waals surface area contributed by atoms with Crippen molar-refractivity contribution in [1.82, 2.24) is 5.32 Å². The molecule has 0 saturated carbocycles. The summed E-state index contributed by atoms with van der Waals surface area (Å²) in [5.74, 6) is 0.145. The third kappa shape index (κ3) is 8.50. The molecule has 4 aromatic carbocycles. The first-order valence-corrected chi connectivity index (χ1v) is 14.5. The van der Waals surface area contributed by atoms with Crippen LogP contribution in [0.15, 0.2) is 102 Å². The molecule has 43 heavy (non-hydrogen) atoms. The van der Waals surface area contributed by atoms with Crippen molar-refractivity contribution in [2.24, 2.45) is 0 Å². The maximum Gasteiger partial charge on any atom is 0.272 e. The monoisotopic (exact) mass is 595 g/mol. The molecule has 0 bridgehead atoms. The standard InChI is InChI=1S/C34H33N3O5S/c1-22-10-8-11-23(2)32(22)37-31(38)21-43-27-15-9-14-26(20-27)35-34(40)28(36-33(39)25-12-6-5-7-13-25)18-24-16-17-29(41-3)30(19-24)42-4/h5-20H,21H2,1-4H3,(H,35,40)(H,36,39)(H,37,38)/b28-18+. The summed E-state index contributed by atoms with van der Waals surface area (Å²) in [6.07, 6.45) is 1.56. The van der Waals surface area contributed by atoms with E-state index in [4.69, 9.17) is 9.47 Å². The molecule has 8 nitrogen and oxygen atoms in total. The second-order valence-corrected chi connectivity index (χ2v) is 10.6. The minimum Gasteiger partial charge on any atom is -0.493 e. The summed E-state index contributed by atoms with van der Waals surface area (Å²) >= 11 is 1.35. The average Bonchev–Trinajstić information content (AvgIpc) is 3.02. The van der Waals surface area contributed by atoms with E-state index >= 15 is 0 Å². The van der Waals surface area contributed by atoms with Crippen LogP contribution in [0, 0.1) is 13.8 Å². The first-order chi connectivity index (χ1) is 20.8. The molecule has 0 aliphatic rings. The van der Waals surface area contributed by atoms with Gasteiger partial charge in [-0.3, -0.25) is 14.4 Å². The summed E-state index contributed by atoms with van der Waals surface area (Å²) in [4.78, 5) is 39.9. The van der Waals surface area contributed by atoms with Crippen LogP contribution in [0.25, 0.3) is 6.08 Å². The van der Waals surface area contributed by atoms with Crippen molar-refractivity contribution in [1.29, 1.82) is 0 Å². The highest BCUT2D eigenvalue weighted by molar-refractivity contribution is 8.00. The number of hydrogen-bond donors (Lipinski definition) is 3. The van der Waals surface area contributed by atoms with Crippen LogP contribution in [-0.2, 0) is 9.59 Å². The van der Waals surface area contributed by atoms with Gasteiger partial charge in [0.2, 0.25) is 5.91 Å². The molecule has 0 spiro atoms. The van der Waals surface area contributed by atoms with Gasteiger partial charge in [0.05, 0.1) is 20.0 Å². The Bertz CT molecular complexity index is 1630. The number of carbonyl (C=O) groups excluding carboxylic acids is 3. The molecule has 0 aromatic heterocycles. The Morgan fingerprint density at radius 2 is 1.47 bits per heavy atom. The van der Waals surface area contributed by atoms with Crippen molar-refractivity contribution in [3.05, 3.63) is 119 Å². The number of ether oxygens (including phenoxy) is 2. The number of rotatable bonds is 11. The minimum absolute atomic E-state index is 0.0344. The maximum atomic E-state index is 13.5. The van der Waals surface area contributed by atoms with Crippen LogP contribution in [0.2, 0.25) is 0 Å². The summed E-state index contributed by atoms with van der Waals surface area (Å²) in [6, 6.07) is 26.9. The molecule has 220 valence electrons. The molecular weight excluding hydrogens is 562 g/mol. The Morgan fingerprint density at radius 3 is 2.16 bits per heavy atom. The zero-order chi connectivity index (χ0) is 30.8. The van der Waals surface area contributed by atoms with Crippen molar-refractivity contribution in [2.45, 2.75) is 18.7 Å². The molecule has 9 heteroatoms. The molecule has 3 N–H and O–H groups in total. The topological polar surface area (TPSA) is 106 Å². The molecule has 4 rings (SSSR count). The van der Waals surface area contributed by atoms with Gasteiger partial charge in [-0.2, -0.15) is 0 Å². The van der Waals surface area contributed by atoms with Crippen LogP contribution in [0.1, 0.15) is 27.0 Å². The fourth-order valence-electron chi connectivity index (χ4n) is 4.25. The van der Waals surface area contributed by atoms with Crippen LogP contribution in [0.4, 0.5) is 11.4 Å². The maximum absolute atomic E-state index is 13.5. The van der Waals surface area contributed by atoms with E-state index < -0.39 is 11.8 Å². The van der Waals surface area contributed by atoms with Gasteiger partial charge in [-0.1, -0.05) is 48.5 Å². The normalized spacial score (nSPS) is 10.9. The zero-order valence-electron chi connectivity index (χ0n) is 24.4. The molecule has 0 heterocycles.